The zero-order valence-corrected chi connectivity index (χ0v) is 14.9. The summed E-state index contributed by atoms with van der Waals surface area (Å²) in [5.41, 5.74) is 5.25. The molecule has 5 nitrogen and oxygen atoms in total. The predicted octanol–water partition coefficient (Wildman–Crippen LogP) is 3.76. The van der Waals surface area contributed by atoms with Crippen molar-refractivity contribution < 1.29 is 14.7 Å². The molecule has 0 saturated carbocycles. The topological polar surface area (TPSA) is 69.6 Å². The van der Waals surface area contributed by atoms with Crippen molar-refractivity contribution in [3.05, 3.63) is 71.8 Å². The number of rotatable bonds is 11. The van der Waals surface area contributed by atoms with Gasteiger partial charge >= 0.3 is 5.97 Å². The van der Waals surface area contributed by atoms with Crippen molar-refractivity contribution in [2.24, 2.45) is 0 Å². The Bertz CT molecular complexity index is 633. The van der Waals surface area contributed by atoms with E-state index in [0.717, 1.165) is 17.5 Å². The number of hydrogen-bond acceptors (Lipinski definition) is 3. The minimum atomic E-state index is -0.786. The van der Waals surface area contributed by atoms with Crippen LogP contribution in [0.1, 0.15) is 43.2 Å². The summed E-state index contributed by atoms with van der Waals surface area (Å²) < 4.78 is 0. The summed E-state index contributed by atoms with van der Waals surface area (Å²) in [7, 11) is 0. The Labute approximate surface area is 154 Å². The maximum Gasteiger partial charge on any atom is 0.303 e. The number of aliphatic carboxylic acids is 1. The van der Waals surface area contributed by atoms with E-state index in [1.165, 1.54) is 0 Å². The quantitative estimate of drug-likeness (QED) is 0.476. The van der Waals surface area contributed by atoms with Gasteiger partial charge in [-0.25, -0.2) is 5.01 Å². The van der Waals surface area contributed by atoms with E-state index in [1.54, 1.807) is 0 Å². The lowest BCUT2D eigenvalue weighted by Gasteiger charge is -2.23. The van der Waals surface area contributed by atoms with Gasteiger partial charge in [0.25, 0.3) is 0 Å². The Hall–Kier alpha value is -2.66. The fourth-order valence-electron chi connectivity index (χ4n) is 2.71. The van der Waals surface area contributed by atoms with Crippen LogP contribution in [0.15, 0.2) is 60.7 Å². The number of carbonyl (C=O) groups excluding carboxylic acids is 1. The number of carbonyl (C=O) groups is 2. The second-order valence-electron chi connectivity index (χ2n) is 6.32. The van der Waals surface area contributed by atoms with Crippen LogP contribution in [0.2, 0.25) is 0 Å². The summed E-state index contributed by atoms with van der Waals surface area (Å²) in [4.78, 5) is 22.8. The third-order valence-corrected chi connectivity index (χ3v) is 4.01. The molecule has 0 fully saturated rings. The highest BCUT2D eigenvalue weighted by Crippen LogP contribution is 2.09. The second-order valence-corrected chi connectivity index (χ2v) is 6.32. The normalized spacial score (nSPS) is 10.7. The fraction of sp³-hybridized carbons (Fsp3) is 0.333. The minimum Gasteiger partial charge on any atom is -0.481 e. The van der Waals surface area contributed by atoms with Gasteiger partial charge in [0.05, 0.1) is 0 Å². The molecule has 0 unspecified atom stereocenters. The molecule has 0 saturated heterocycles. The zero-order chi connectivity index (χ0) is 18.6. The molecule has 2 aromatic rings. The van der Waals surface area contributed by atoms with Crippen LogP contribution in [0, 0.1) is 0 Å². The zero-order valence-electron chi connectivity index (χ0n) is 14.9. The molecule has 0 atom stereocenters. The van der Waals surface area contributed by atoms with E-state index in [9.17, 15) is 9.59 Å². The molecule has 0 spiro atoms. The number of amides is 1. The van der Waals surface area contributed by atoms with Gasteiger partial charge in [0, 0.05) is 25.9 Å². The molecule has 0 aliphatic rings. The molecule has 138 valence electrons. The van der Waals surface area contributed by atoms with E-state index >= 15 is 0 Å². The van der Waals surface area contributed by atoms with E-state index in [-0.39, 0.29) is 12.3 Å². The first-order valence-corrected chi connectivity index (χ1v) is 8.97. The van der Waals surface area contributed by atoms with Crippen molar-refractivity contribution >= 4 is 11.9 Å². The highest BCUT2D eigenvalue weighted by molar-refractivity contribution is 5.75. The number of unbranched alkanes of at least 4 members (excludes halogenated alkanes) is 2. The van der Waals surface area contributed by atoms with E-state index in [1.807, 2.05) is 65.7 Å². The lowest BCUT2D eigenvalue weighted by Crippen LogP contribution is -2.41. The number of nitrogens with zero attached hydrogens (tertiary/aromatic N) is 1. The summed E-state index contributed by atoms with van der Waals surface area (Å²) in [5.74, 6) is -0.821. The molecule has 2 rings (SSSR count). The first-order valence-electron chi connectivity index (χ1n) is 8.97. The lowest BCUT2D eigenvalue weighted by molar-refractivity contribution is -0.137. The van der Waals surface area contributed by atoms with Gasteiger partial charge in [0.1, 0.15) is 0 Å². The van der Waals surface area contributed by atoms with Crippen LogP contribution < -0.4 is 5.43 Å². The van der Waals surface area contributed by atoms with Crippen molar-refractivity contribution in [3.63, 3.8) is 0 Å². The average Bonchev–Trinajstić information content (AvgIpc) is 2.63. The maximum absolute atomic E-state index is 12.3. The van der Waals surface area contributed by atoms with Crippen LogP contribution >= 0.6 is 0 Å². The van der Waals surface area contributed by atoms with Gasteiger partial charge in [0.2, 0.25) is 5.91 Å². The Kier molecular flexibility index (Phi) is 8.36. The Balaban J connectivity index is 1.86. The molecule has 1 amide bonds. The predicted molar refractivity (Wildman–Crippen MR) is 101 cm³/mol. The molecular weight excluding hydrogens is 328 g/mol. The van der Waals surface area contributed by atoms with Crippen molar-refractivity contribution in [3.8, 4) is 0 Å². The van der Waals surface area contributed by atoms with Crippen molar-refractivity contribution in [1.82, 2.24) is 10.4 Å². The Morgan fingerprint density at radius 3 is 1.77 bits per heavy atom. The molecule has 0 bridgehead atoms. The average molecular weight is 354 g/mol. The molecule has 0 aromatic heterocycles. The third-order valence-electron chi connectivity index (χ3n) is 4.01. The molecular formula is C21H26N2O3. The molecule has 2 aromatic carbocycles. The maximum atomic E-state index is 12.3. The van der Waals surface area contributed by atoms with Gasteiger partial charge in [-0.1, -0.05) is 67.1 Å². The number of benzene rings is 2. The van der Waals surface area contributed by atoms with Gasteiger partial charge in [-0.2, -0.15) is 0 Å². The summed E-state index contributed by atoms with van der Waals surface area (Å²) >= 11 is 0. The van der Waals surface area contributed by atoms with E-state index in [2.05, 4.69) is 5.43 Å². The first kappa shape index (κ1) is 19.7. The van der Waals surface area contributed by atoms with E-state index < -0.39 is 5.97 Å². The van der Waals surface area contributed by atoms with Crippen LogP contribution in [-0.2, 0) is 22.7 Å². The van der Waals surface area contributed by atoms with Crippen molar-refractivity contribution in [2.75, 3.05) is 0 Å². The smallest absolute Gasteiger partial charge is 0.303 e. The van der Waals surface area contributed by atoms with Gasteiger partial charge < -0.3 is 5.11 Å². The van der Waals surface area contributed by atoms with Crippen molar-refractivity contribution in [1.29, 1.82) is 0 Å². The Morgan fingerprint density at radius 2 is 1.27 bits per heavy atom. The third kappa shape index (κ3) is 7.94. The van der Waals surface area contributed by atoms with Crippen molar-refractivity contribution in [2.45, 2.75) is 45.2 Å². The van der Waals surface area contributed by atoms with Gasteiger partial charge in [-0.3, -0.25) is 15.0 Å². The van der Waals surface area contributed by atoms with Crippen LogP contribution in [0.3, 0.4) is 0 Å². The largest absolute Gasteiger partial charge is 0.481 e. The molecule has 5 heteroatoms. The SMILES string of the molecule is O=C(O)CCCCCC(=O)NN(Cc1ccccc1)Cc1ccccc1. The number of carboxylic acid groups (broad SMARTS) is 1. The van der Waals surface area contributed by atoms with Crippen LogP contribution in [0.5, 0.6) is 0 Å². The van der Waals surface area contributed by atoms with E-state index in [0.29, 0.717) is 32.4 Å². The van der Waals surface area contributed by atoms with Crippen LogP contribution in [-0.4, -0.2) is 22.0 Å². The molecule has 0 radical (unpaired) electrons. The summed E-state index contributed by atoms with van der Waals surface area (Å²) in [6.07, 6.45) is 2.62. The monoisotopic (exact) mass is 354 g/mol. The highest BCUT2D eigenvalue weighted by Gasteiger charge is 2.11. The van der Waals surface area contributed by atoms with E-state index in [4.69, 9.17) is 5.11 Å². The molecule has 0 aliphatic heterocycles. The molecule has 0 heterocycles. The van der Waals surface area contributed by atoms with Gasteiger partial charge in [0.15, 0.2) is 0 Å². The van der Waals surface area contributed by atoms with Crippen LogP contribution in [0.4, 0.5) is 0 Å². The standard InChI is InChI=1S/C21H26N2O3/c24-20(14-8-3-9-15-21(25)26)22-23(16-18-10-4-1-5-11-18)17-19-12-6-2-7-13-19/h1-2,4-7,10-13H,3,8-9,14-17H2,(H,22,24)(H,25,26). The molecule has 2 N–H and O–H groups in total. The van der Waals surface area contributed by atoms with Gasteiger partial charge in [-0.15, -0.1) is 0 Å². The molecule has 0 aliphatic carbocycles. The summed E-state index contributed by atoms with van der Waals surface area (Å²) in [6.45, 7) is 1.25. The number of carboxylic acids is 1. The second kappa shape index (κ2) is 11.1. The molecule has 26 heavy (non-hydrogen) atoms. The number of nitrogens with one attached hydrogen (secondary N) is 1. The van der Waals surface area contributed by atoms with Gasteiger partial charge in [-0.05, 0) is 24.0 Å². The Morgan fingerprint density at radius 1 is 0.769 bits per heavy atom. The fourth-order valence-corrected chi connectivity index (χ4v) is 2.71. The summed E-state index contributed by atoms with van der Waals surface area (Å²) in [6, 6.07) is 20.0. The number of hydrazine groups is 1. The first-order chi connectivity index (χ1) is 12.6. The summed E-state index contributed by atoms with van der Waals surface area (Å²) in [5, 5.41) is 10.6. The van der Waals surface area contributed by atoms with Crippen LogP contribution in [0.25, 0.3) is 0 Å². The number of hydrogen-bond donors (Lipinski definition) is 2. The minimum absolute atomic E-state index is 0.0350. The highest BCUT2D eigenvalue weighted by atomic mass is 16.4. The lowest BCUT2D eigenvalue weighted by atomic mass is 10.1.